The summed E-state index contributed by atoms with van der Waals surface area (Å²) < 4.78 is 26.3. The molecule has 0 aliphatic rings. The lowest BCUT2D eigenvalue weighted by Gasteiger charge is -2.11. The topological polar surface area (TPSA) is 81.1 Å². The van der Waals surface area contributed by atoms with Crippen LogP contribution in [-0.2, 0) is 21.2 Å². The average molecular weight is 473 g/mol. The molecule has 2 aromatic carbocycles. The Morgan fingerprint density at radius 3 is 2.48 bits per heavy atom. The molecule has 29 heavy (non-hydrogen) atoms. The van der Waals surface area contributed by atoms with E-state index < -0.39 is 15.7 Å². The summed E-state index contributed by atoms with van der Waals surface area (Å²) in [6.07, 6.45) is 1.33. The van der Waals surface area contributed by atoms with Gasteiger partial charge in [-0.05, 0) is 35.9 Å². The van der Waals surface area contributed by atoms with Gasteiger partial charge in [0.15, 0.2) is 9.84 Å². The molecule has 1 amide bonds. The van der Waals surface area contributed by atoms with Crippen LogP contribution in [0.2, 0.25) is 15.1 Å². The standard InChI is InChI=1S/C19H16Cl3N3O3S/c20-14-4-6-15(7-5-14)29(27,28)11-9-18(26)24-17-8-10-23-25(17)12-13-2-1-3-16(21)19(13)22/h1-8,10H,9,11-12H2,(H,24,26). The molecule has 3 aromatic rings. The van der Waals surface area contributed by atoms with Gasteiger partial charge in [0, 0.05) is 17.5 Å². The van der Waals surface area contributed by atoms with E-state index in [1.54, 1.807) is 28.9 Å². The van der Waals surface area contributed by atoms with Crippen molar-refractivity contribution in [2.45, 2.75) is 17.9 Å². The van der Waals surface area contributed by atoms with E-state index in [9.17, 15) is 13.2 Å². The SMILES string of the molecule is O=C(CCS(=O)(=O)c1ccc(Cl)cc1)Nc1ccnn1Cc1cccc(Cl)c1Cl. The fourth-order valence-corrected chi connectivity index (χ4v) is 4.34. The number of nitrogens with zero attached hydrogens (tertiary/aromatic N) is 2. The highest BCUT2D eigenvalue weighted by atomic mass is 35.5. The number of carbonyl (C=O) groups excluding carboxylic acids is 1. The average Bonchev–Trinajstić information content (AvgIpc) is 3.11. The Morgan fingerprint density at radius 1 is 1.03 bits per heavy atom. The van der Waals surface area contributed by atoms with Gasteiger partial charge >= 0.3 is 0 Å². The molecule has 0 saturated carbocycles. The minimum absolute atomic E-state index is 0.121. The molecule has 0 aliphatic heterocycles. The molecular weight excluding hydrogens is 457 g/mol. The number of hydrogen-bond donors (Lipinski definition) is 1. The van der Waals surface area contributed by atoms with Gasteiger partial charge in [0.05, 0.1) is 33.4 Å². The van der Waals surface area contributed by atoms with Crippen molar-refractivity contribution in [3.63, 3.8) is 0 Å². The summed E-state index contributed by atoms with van der Waals surface area (Å²) in [4.78, 5) is 12.4. The van der Waals surface area contributed by atoms with E-state index in [-0.39, 0.29) is 17.1 Å². The van der Waals surface area contributed by atoms with E-state index in [0.29, 0.717) is 27.4 Å². The highest BCUT2D eigenvalue weighted by molar-refractivity contribution is 7.91. The van der Waals surface area contributed by atoms with E-state index >= 15 is 0 Å². The van der Waals surface area contributed by atoms with Crippen molar-refractivity contribution in [1.82, 2.24) is 9.78 Å². The van der Waals surface area contributed by atoms with Gasteiger partial charge in [-0.25, -0.2) is 13.1 Å². The van der Waals surface area contributed by atoms with Crippen molar-refractivity contribution in [3.8, 4) is 0 Å². The first-order valence-electron chi connectivity index (χ1n) is 8.49. The smallest absolute Gasteiger partial charge is 0.226 e. The first-order valence-corrected chi connectivity index (χ1v) is 11.3. The Hall–Kier alpha value is -2.06. The summed E-state index contributed by atoms with van der Waals surface area (Å²) in [5.41, 5.74) is 0.740. The lowest BCUT2D eigenvalue weighted by Crippen LogP contribution is -2.19. The molecule has 0 atom stereocenters. The van der Waals surface area contributed by atoms with Crippen LogP contribution in [0.15, 0.2) is 59.6 Å². The van der Waals surface area contributed by atoms with Crippen molar-refractivity contribution < 1.29 is 13.2 Å². The number of aromatic nitrogens is 2. The summed E-state index contributed by atoms with van der Waals surface area (Å²) in [6.45, 7) is 0.297. The van der Waals surface area contributed by atoms with E-state index in [4.69, 9.17) is 34.8 Å². The molecule has 3 rings (SSSR count). The highest BCUT2D eigenvalue weighted by Gasteiger charge is 2.17. The number of halogens is 3. The maximum atomic E-state index is 12.4. The van der Waals surface area contributed by atoms with Crippen LogP contribution in [0.3, 0.4) is 0 Å². The van der Waals surface area contributed by atoms with Crippen molar-refractivity contribution in [2.24, 2.45) is 0 Å². The molecule has 1 heterocycles. The molecule has 10 heteroatoms. The van der Waals surface area contributed by atoms with Crippen LogP contribution in [0.4, 0.5) is 5.82 Å². The second-order valence-corrected chi connectivity index (χ2v) is 9.49. The molecule has 0 spiro atoms. The van der Waals surface area contributed by atoms with Gasteiger partial charge in [0.25, 0.3) is 0 Å². The van der Waals surface area contributed by atoms with Gasteiger partial charge in [-0.15, -0.1) is 0 Å². The minimum Gasteiger partial charge on any atom is -0.311 e. The summed E-state index contributed by atoms with van der Waals surface area (Å²) in [5, 5.41) is 8.13. The summed E-state index contributed by atoms with van der Waals surface area (Å²) in [7, 11) is -3.59. The Labute approximate surface area is 183 Å². The highest BCUT2D eigenvalue weighted by Crippen LogP contribution is 2.26. The molecule has 0 unspecified atom stereocenters. The molecule has 152 valence electrons. The summed E-state index contributed by atoms with van der Waals surface area (Å²) in [5.74, 6) is -0.342. The van der Waals surface area contributed by atoms with E-state index in [1.165, 1.54) is 30.5 Å². The van der Waals surface area contributed by atoms with E-state index in [2.05, 4.69) is 10.4 Å². The van der Waals surface area contributed by atoms with Crippen LogP contribution in [0.1, 0.15) is 12.0 Å². The quantitative estimate of drug-likeness (QED) is 0.541. The molecule has 0 aliphatic carbocycles. The van der Waals surface area contributed by atoms with Crippen LogP contribution in [0, 0.1) is 0 Å². The van der Waals surface area contributed by atoms with Crippen molar-refractivity contribution >= 4 is 56.4 Å². The molecular formula is C19H16Cl3N3O3S. The van der Waals surface area contributed by atoms with Crippen molar-refractivity contribution in [3.05, 3.63) is 75.4 Å². The molecule has 0 fully saturated rings. The van der Waals surface area contributed by atoms with Crippen LogP contribution in [0.25, 0.3) is 0 Å². The maximum Gasteiger partial charge on any atom is 0.226 e. The molecule has 0 bridgehead atoms. The second kappa shape index (κ2) is 9.17. The van der Waals surface area contributed by atoms with Gasteiger partial charge in [-0.2, -0.15) is 5.10 Å². The van der Waals surface area contributed by atoms with Crippen LogP contribution in [0.5, 0.6) is 0 Å². The Morgan fingerprint density at radius 2 is 1.76 bits per heavy atom. The third-order valence-corrected chi connectivity index (χ3v) is 6.95. The number of amides is 1. The monoisotopic (exact) mass is 471 g/mol. The number of benzene rings is 2. The zero-order valence-electron chi connectivity index (χ0n) is 15.0. The lowest BCUT2D eigenvalue weighted by molar-refractivity contribution is -0.115. The van der Waals surface area contributed by atoms with Crippen molar-refractivity contribution in [2.75, 3.05) is 11.1 Å². The maximum absolute atomic E-state index is 12.4. The summed E-state index contributed by atoms with van der Waals surface area (Å²) in [6, 6.07) is 12.7. The number of hydrogen-bond acceptors (Lipinski definition) is 4. The van der Waals surface area contributed by atoms with Gasteiger partial charge in [0.2, 0.25) is 5.91 Å². The van der Waals surface area contributed by atoms with Crippen LogP contribution >= 0.6 is 34.8 Å². The van der Waals surface area contributed by atoms with E-state index in [0.717, 1.165) is 5.56 Å². The number of rotatable bonds is 7. The first-order chi connectivity index (χ1) is 13.8. The van der Waals surface area contributed by atoms with Gasteiger partial charge < -0.3 is 5.32 Å². The predicted octanol–water partition coefficient (Wildman–Crippen LogP) is 4.69. The third kappa shape index (κ3) is 5.51. The van der Waals surface area contributed by atoms with Crippen LogP contribution in [-0.4, -0.2) is 29.9 Å². The summed E-state index contributed by atoms with van der Waals surface area (Å²) >= 11 is 18.0. The Kier molecular flexibility index (Phi) is 6.85. The predicted molar refractivity (Wildman–Crippen MR) is 115 cm³/mol. The fourth-order valence-electron chi connectivity index (χ4n) is 2.59. The molecule has 1 aromatic heterocycles. The molecule has 0 saturated heterocycles. The number of nitrogens with one attached hydrogen (secondary N) is 1. The third-order valence-electron chi connectivity index (χ3n) is 4.11. The lowest BCUT2D eigenvalue weighted by atomic mass is 10.2. The molecule has 6 nitrogen and oxygen atoms in total. The largest absolute Gasteiger partial charge is 0.311 e. The van der Waals surface area contributed by atoms with Gasteiger partial charge in [-0.1, -0.05) is 46.9 Å². The Balaban J connectivity index is 1.64. The number of anilines is 1. The normalized spacial score (nSPS) is 11.4. The Bertz CT molecular complexity index is 1130. The molecule has 1 N–H and O–H groups in total. The second-order valence-electron chi connectivity index (χ2n) is 6.16. The van der Waals surface area contributed by atoms with Gasteiger partial charge in [-0.3, -0.25) is 4.79 Å². The number of sulfone groups is 1. The molecule has 0 radical (unpaired) electrons. The minimum atomic E-state index is -3.59. The van der Waals surface area contributed by atoms with Crippen LogP contribution < -0.4 is 5.32 Å². The van der Waals surface area contributed by atoms with Gasteiger partial charge in [0.1, 0.15) is 5.82 Å². The first kappa shape index (κ1) is 21.6. The zero-order valence-corrected chi connectivity index (χ0v) is 18.1. The van der Waals surface area contributed by atoms with E-state index in [1.807, 2.05) is 0 Å². The number of carbonyl (C=O) groups is 1. The van der Waals surface area contributed by atoms with Crippen molar-refractivity contribution in [1.29, 1.82) is 0 Å². The zero-order chi connectivity index (χ0) is 21.0. The fraction of sp³-hybridized carbons (Fsp3) is 0.158.